The van der Waals surface area contributed by atoms with Crippen molar-refractivity contribution in [3.8, 4) is 0 Å². The Hall–Kier alpha value is -0.910. The topological polar surface area (TPSA) is 58.4 Å². The molecule has 1 aliphatic rings. The lowest BCUT2D eigenvalue weighted by Gasteiger charge is -2.38. The first-order chi connectivity index (χ1) is 8.19. The Kier molecular flexibility index (Phi) is 3.81. The van der Waals surface area contributed by atoms with E-state index in [4.69, 9.17) is 5.84 Å². The van der Waals surface area contributed by atoms with E-state index in [0.717, 1.165) is 19.4 Å². The van der Waals surface area contributed by atoms with Crippen molar-refractivity contribution in [3.63, 3.8) is 0 Å². The first-order valence-corrected chi connectivity index (χ1v) is 6.89. The van der Waals surface area contributed by atoms with Crippen LogP contribution in [0.4, 0.5) is 0 Å². The summed E-state index contributed by atoms with van der Waals surface area (Å²) in [5.41, 5.74) is 3.64. The van der Waals surface area contributed by atoms with Gasteiger partial charge in [-0.3, -0.25) is 15.1 Å². The number of nitrogens with two attached hydrogens (primary N) is 1. The lowest BCUT2D eigenvalue weighted by molar-refractivity contribution is -0.127. The highest BCUT2D eigenvalue weighted by Crippen LogP contribution is 2.34. The fourth-order valence-corrected chi connectivity index (χ4v) is 3.58. The van der Waals surface area contributed by atoms with Crippen LogP contribution in [-0.4, -0.2) is 23.4 Å². The molecule has 0 bridgehead atoms. The fraction of sp³-hybridized carbons (Fsp3) is 0.583. The first kappa shape index (κ1) is 12.5. The van der Waals surface area contributed by atoms with Gasteiger partial charge in [-0.1, -0.05) is 6.92 Å². The first-order valence-electron chi connectivity index (χ1n) is 6.01. The van der Waals surface area contributed by atoms with Crippen LogP contribution in [0, 0.1) is 0 Å². The van der Waals surface area contributed by atoms with E-state index in [1.165, 1.54) is 10.4 Å². The van der Waals surface area contributed by atoms with Gasteiger partial charge < -0.3 is 0 Å². The van der Waals surface area contributed by atoms with Crippen molar-refractivity contribution in [2.45, 2.75) is 38.8 Å². The molecule has 0 saturated heterocycles. The van der Waals surface area contributed by atoms with Gasteiger partial charge in [0.15, 0.2) is 0 Å². The predicted molar refractivity (Wildman–Crippen MR) is 69.6 cm³/mol. The van der Waals surface area contributed by atoms with E-state index >= 15 is 0 Å². The highest BCUT2D eigenvalue weighted by atomic mass is 32.1. The van der Waals surface area contributed by atoms with Gasteiger partial charge in [0.1, 0.15) is 0 Å². The van der Waals surface area contributed by atoms with Crippen molar-refractivity contribution in [2.75, 3.05) is 6.54 Å². The van der Waals surface area contributed by atoms with Crippen molar-refractivity contribution in [2.24, 2.45) is 5.84 Å². The minimum Gasteiger partial charge on any atom is -0.293 e. The molecule has 94 valence electrons. The van der Waals surface area contributed by atoms with Crippen LogP contribution in [0.15, 0.2) is 11.4 Å². The molecule has 1 aliphatic heterocycles. The van der Waals surface area contributed by atoms with Crippen LogP contribution in [0.1, 0.15) is 36.8 Å². The van der Waals surface area contributed by atoms with E-state index in [-0.39, 0.29) is 11.9 Å². The Morgan fingerprint density at radius 3 is 3.18 bits per heavy atom. The Labute approximate surface area is 106 Å². The molecule has 0 radical (unpaired) electrons. The number of hydrogen-bond donors (Lipinski definition) is 2. The van der Waals surface area contributed by atoms with Crippen molar-refractivity contribution < 1.29 is 4.79 Å². The maximum Gasteiger partial charge on any atom is 0.251 e. The SMILES string of the molecule is CCC(C(=O)NN)N1CCc2sccc2C1C. The molecule has 0 aromatic carbocycles. The summed E-state index contributed by atoms with van der Waals surface area (Å²) in [5, 5.41) is 2.13. The second-order valence-electron chi connectivity index (χ2n) is 4.40. The van der Waals surface area contributed by atoms with Crippen LogP contribution in [0.5, 0.6) is 0 Å². The summed E-state index contributed by atoms with van der Waals surface area (Å²) in [5.74, 6) is 5.17. The van der Waals surface area contributed by atoms with Gasteiger partial charge in [-0.15, -0.1) is 11.3 Å². The van der Waals surface area contributed by atoms with E-state index in [1.54, 1.807) is 0 Å². The summed E-state index contributed by atoms with van der Waals surface area (Å²) >= 11 is 1.81. The van der Waals surface area contributed by atoms with Gasteiger partial charge in [0.05, 0.1) is 6.04 Å². The molecule has 4 nitrogen and oxygen atoms in total. The zero-order valence-electron chi connectivity index (χ0n) is 10.3. The van der Waals surface area contributed by atoms with Crippen LogP contribution in [0.3, 0.4) is 0 Å². The van der Waals surface area contributed by atoms with E-state index in [9.17, 15) is 4.79 Å². The minimum atomic E-state index is -0.122. The molecule has 2 unspecified atom stereocenters. The molecule has 0 saturated carbocycles. The number of nitrogens with zero attached hydrogens (tertiary/aromatic N) is 1. The van der Waals surface area contributed by atoms with Crippen molar-refractivity contribution in [3.05, 3.63) is 21.9 Å². The predicted octanol–water partition coefficient (Wildman–Crippen LogP) is 1.44. The number of fused-ring (bicyclic) bond motifs is 1. The van der Waals surface area contributed by atoms with Gasteiger partial charge in [-0.25, -0.2) is 5.84 Å². The third-order valence-corrected chi connectivity index (χ3v) is 4.55. The highest BCUT2D eigenvalue weighted by molar-refractivity contribution is 7.10. The van der Waals surface area contributed by atoms with Gasteiger partial charge in [-0.05, 0) is 36.8 Å². The molecule has 3 N–H and O–H groups in total. The minimum absolute atomic E-state index is 0.0852. The molecule has 0 aliphatic carbocycles. The molecular weight excluding hydrogens is 234 g/mol. The third-order valence-electron chi connectivity index (χ3n) is 3.56. The number of thiophene rings is 1. The quantitative estimate of drug-likeness (QED) is 0.487. The largest absolute Gasteiger partial charge is 0.293 e. The number of carbonyl (C=O) groups is 1. The lowest BCUT2D eigenvalue weighted by atomic mass is 9.98. The normalized spacial score (nSPS) is 21.9. The second-order valence-corrected chi connectivity index (χ2v) is 5.40. The number of carbonyl (C=O) groups excluding carboxylic acids is 1. The summed E-state index contributed by atoms with van der Waals surface area (Å²) in [6.07, 6.45) is 1.82. The summed E-state index contributed by atoms with van der Waals surface area (Å²) < 4.78 is 0. The molecule has 17 heavy (non-hydrogen) atoms. The van der Waals surface area contributed by atoms with Gasteiger partial charge >= 0.3 is 0 Å². The molecule has 0 fully saturated rings. The van der Waals surface area contributed by atoms with Crippen LogP contribution >= 0.6 is 11.3 Å². The van der Waals surface area contributed by atoms with Crippen LogP contribution < -0.4 is 11.3 Å². The van der Waals surface area contributed by atoms with Crippen molar-refractivity contribution >= 4 is 17.2 Å². The monoisotopic (exact) mass is 253 g/mol. The maximum atomic E-state index is 11.8. The maximum absolute atomic E-state index is 11.8. The van der Waals surface area contributed by atoms with Crippen LogP contribution in [-0.2, 0) is 11.2 Å². The summed E-state index contributed by atoms with van der Waals surface area (Å²) in [7, 11) is 0. The molecule has 1 amide bonds. The molecule has 0 spiro atoms. The second kappa shape index (κ2) is 5.16. The molecular formula is C12H19N3OS. The lowest BCUT2D eigenvalue weighted by Crippen LogP contribution is -2.51. The van der Waals surface area contributed by atoms with E-state index in [2.05, 4.69) is 28.7 Å². The van der Waals surface area contributed by atoms with Crippen LogP contribution in [0.2, 0.25) is 0 Å². The summed E-state index contributed by atoms with van der Waals surface area (Å²) in [4.78, 5) is 15.5. The Balaban J connectivity index is 2.21. The van der Waals surface area contributed by atoms with E-state index in [1.807, 2.05) is 18.3 Å². The molecule has 2 rings (SSSR count). The molecule has 2 heterocycles. The highest BCUT2D eigenvalue weighted by Gasteiger charge is 2.32. The van der Waals surface area contributed by atoms with Crippen molar-refractivity contribution in [1.82, 2.24) is 10.3 Å². The molecule has 5 heteroatoms. The van der Waals surface area contributed by atoms with Gasteiger partial charge in [0.25, 0.3) is 5.91 Å². The van der Waals surface area contributed by atoms with Crippen molar-refractivity contribution in [1.29, 1.82) is 0 Å². The number of amides is 1. The van der Waals surface area contributed by atoms with E-state index < -0.39 is 0 Å². The smallest absolute Gasteiger partial charge is 0.251 e. The number of rotatable bonds is 3. The zero-order valence-corrected chi connectivity index (χ0v) is 11.1. The standard InChI is InChI=1S/C12H19N3OS/c1-3-10(12(16)14-13)15-6-4-11-9(8(15)2)5-7-17-11/h5,7-8,10H,3-4,6,13H2,1-2H3,(H,14,16). The average molecular weight is 253 g/mol. The fourth-order valence-electron chi connectivity index (χ4n) is 2.62. The Morgan fingerprint density at radius 1 is 1.76 bits per heavy atom. The van der Waals surface area contributed by atoms with E-state index in [0.29, 0.717) is 6.04 Å². The van der Waals surface area contributed by atoms with Crippen LogP contribution in [0.25, 0.3) is 0 Å². The van der Waals surface area contributed by atoms with Gasteiger partial charge in [0, 0.05) is 17.5 Å². The Bertz CT molecular complexity index is 404. The third kappa shape index (κ3) is 2.22. The number of hydrogen-bond acceptors (Lipinski definition) is 4. The average Bonchev–Trinajstić information content (AvgIpc) is 2.81. The number of nitrogens with one attached hydrogen (secondary N) is 1. The Morgan fingerprint density at radius 2 is 2.53 bits per heavy atom. The van der Waals surface area contributed by atoms with Gasteiger partial charge in [0.2, 0.25) is 0 Å². The number of hydrazine groups is 1. The van der Waals surface area contributed by atoms with Gasteiger partial charge in [-0.2, -0.15) is 0 Å². The summed E-state index contributed by atoms with van der Waals surface area (Å²) in [6, 6.07) is 2.35. The summed E-state index contributed by atoms with van der Waals surface area (Å²) in [6.45, 7) is 5.12. The zero-order chi connectivity index (χ0) is 12.4. The molecule has 1 aromatic heterocycles. The molecule has 2 atom stereocenters. The molecule has 1 aromatic rings.